The summed E-state index contributed by atoms with van der Waals surface area (Å²) in [6, 6.07) is 0. The van der Waals surface area contributed by atoms with Crippen molar-refractivity contribution in [3.63, 3.8) is 0 Å². The Morgan fingerprint density at radius 3 is 2.96 bits per heavy atom. The van der Waals surface area contributed by atoms with Crippen molar-refractivity contribution < 1.29 is 9.84 Å². The molecule has 0 atom stereocenters. The van der Waals surface area contributed by atoms with Crippen molar-refractivity contribution in [3.8, 4) is 0 Å². The second-order valence-electron chi connectivity index (χ2n) is 5.64. The number of ether oxygens (including phenoxy) is 1. The van der Waals surface area contributed by atoms with Gasteiger partial charge in [-0.3, -0.25) is 4.99 Å². The van der Waals surface area contributed by atoms with E-state index in [0.29, 0.717) is 13.2 Å². The summed E-state index contributed by atoms with van der Waals surface area (Å²) in [5, 5.41) is 21.1. The lowest BCUT2D eigenvalue weighted by atomic mass is 10.1. The van der Waals surface area contributed by atoms with Gasteiger partial charge in [-0.05, 0) is 12.8 Å². The fourth-order valence-electron chi connectivity index (χ4n) is 2.62. The SMILES string of the molecule is CCc1nncn1CCNC(=NCCOC)N1CCC(O)CC1. The number of guanidine groups is 1. The van der Waals surface area contributed by atoms with E-state index in [2.05, 4.69) is 36.9 Å². The normalized spacial score (nSPS) is 16.8. The molecular weight excluding hydrogens is 296 g/mol. The highest BCUT2D eigenvalue weighted by Crippen LogP contribution is 2.10. The molecule has 8 heteroatoms. The smallest absolute Gasteiger partial charge is 0.194 e. The molecule has 0 aromatic carbocycles. The Balaban J connectivity index is 1.88. The molecule has 1 aliphatic heterocycles. The van der Waals surface area contributed by atoms with Gasteiger partial charge in [-0.2, -0.15) is 0 Å². The Bertz CT molecular complexity index is 482. The first-order valence-electron chi connectivity index (χ1n) is 8.31. The lowest BCUT2D eigenvalue weighted by Crippen LogP contribution is -2.47. The van der Waals surface area contributed by atoms with Gasteiger partial charge in [0.15, 0.2) is 5.96 Å². The van der Waals surface area contributed by atoms with E-state index < -0.39 is 0 Å². The number of aromatic nitrogens is 3. The van der Waals surface area contributed by atoms with Gasteiger partial charge in [0.1, 0.15) is 12.2 Å². The van der Waals surface area contributed by atoms with Crippen molar-refractivity contribution >= 4 is 5.96 Å². The summed E-state index contributed by atoms with van der Waals surface area (Å²) < 4.78 is 7.13. The van der Waals surface area contributed by atoms with Crippen LogP contribution >= 0.6 is 0 Å². The van der Waals surface area contributed by atoms with Crippen LogP contribution in [0.1, 0.15) is 25.6 Å². The molecule has 0 aliphatic carbocycles. The van der Waals surface area contributed by atoms with Gasteiger partial charge in [-0.1, -0.05) is 6.92 Å². The third kappa shape index (κ3) is 5.47. The van der Waals surface area contributed by atoms with Crippen LogP contribution in [0.5, 0.6) is 0 Å². The van der Waals surface area contributed by atoms with Crippen LogP contribution in [0.2, 0.25) is 0 Å². The van der Waals surface area contributed by atoms with Crippen LogP contribution in [-0.4, -0.2) is 76.7 Å². The van der Waals surface area contributed by atoms with Crippen molar-refractivity contribution in [2.45, 2.75) is 38.8 Å². The Morgan fingerprint density at radius 1 is 1.48 bits per heavy atom. The first-order valence-corrected chi connectivity index (χ1v) is 8.31. The summed E-state index contributed by atoms with van der Waals surface area (Å²) in [7, 11) is 1.68. The lowest BCUT2D eigenvalue weighted by Gasteiger charge is -2.32. The van der Waals surface area contributed by atoms with Gasteiger partial charge >= 0.3 is 0 Å². The molecule has 1 aliphatic rings. The van der Waals surface area contributed by atoms with E-state index >= 15 is 0 Å². The van der Waals surface area contributed by atoms with E-state index in [-0.39, 0.29) is 6.10 Å². The van der Waals surface area contributed by atoms with Gasteiger partial charge in [-0.15, -0.1) is 10.2 Å². The zero-order valence-electron chi connectivity index (χ0n) is 14.1. The van der Waals surface area contributed by atoms with E-state index in [1.807, 2.05) is 0 Å². The second-order valence-corrected chi connectivity index (χ2v) is 5.64. The number of aliphatic hydroxyl groups is 1. The number of aliphatic imine (C=N–C) groups is 1. The van der Waals surface area contributed by atoms with Crippen LogP contribution in [0.25, 0.3) is 0 Å². The predicted molar refractivity (Wildman–Crippen MR) is 88.4 cm³/mol. The van der Waals surface area contributed by atoms with Gasteiger partial charge in [0, 0.05) is 39.7 Å². The third-order valence-corrected chi connectivity index (χ3v) is 3.97. The summed E-state index contributed by atoms with van der Waals surface area (Å²) in [6.07, 6.45) is 4.03. The average Bonchev–Trinajstić information content (AvgIpc) is 3.02. The van der Waals surface area contributed by atoms with Crippen molar-refractivity contribution in [3.05, 3.63) is 12.2 Å². The van der Waals surface area contributed by atoms with Gasteiger partial charge in [-0.25, -0.2) is 0 Å². The highest BCUT2D eigenvalue weighted by Gasteiger charge is 2.19. The maximum absolute atomic E-state index is 9.66. The molecule has 0 radical (unpaired) electrons. The van der Waals surface area contributed by atoms with E-state index in [1.165, 1.54) is 0 Å². The molecule has 2 N–H and O–H groups in total. The van der Waals surface area contributed by atoms with Crippen molar-refractivity contribution in [2.75, 3.05) is 39.9 Å². The fraction of sp³-hybridized carbons (Fsp3) is 0.800. The zero-order valence-corrected chi connectivity index (χ0v) is 14.1. The number of rotatable bonds is 7. The van der Waals surface area contributed by atoms with E-state index in [1.54, 1.807) is 13.4 Å². The van der Waals surface area contributed by atoms with Gasteiger partial charge < -0.3 is 24.6 Å². The molecule has 0 unspecified atom stereocenters. The molecule has 8 nitrogen and oxygen atoms in total. The molecule has 1 aromatic rings. The number of nitrogens with one attached hydrogen (secondary N) is 1. The monoisotopic (exact) mass is 324 g/mol. The molecule has 23 heavy (non-hydrogen) atoms. The first-order chi connectivity index (χ1) is 11.2. The maximum Gasteiger partial charge on any atom is 0.194 e. The van der Waals surface area contributed by atoms with Crippen molar-refractivity contribution in [1.29, 1.82) is 0 Å². The summed E-state index contributed by atoms with van der Waals surface area (Å²) in [5.74, 6) is 1.88. The Kier molecular flexibility index (Phi) is 7.28. The predicted octanol–water partition coefficient (Wildman–Crippen LogP) is -0.111. The Morgan fingerprint density at radius 2 is 2.26 bits per heavy atom. The number of methoxy groups -OCH3 is 1. The van der Waals surface area contributed by atoms with Crippen LogP contribution in [0, 0.1) is 0 Å². The summed E-state index contributed by atoms with van der Waals surface area (Å²) in [5.41, 5.74) is 0. The highest BCUT2D eigenvalue weighted by atomic mass is 16.5. The second kappa shape index (κ2) is 9.46. The number of hydrogen-bond donors (Lipinski definition) is 2. The summed E-state index contributed by atoms with van der Waals surface area (Å²) >= 11 is 0. The third-order valence-electron chi connectivity index (χ3n) is 3.97. The maximum atomic E-state index is 9.66. The minimum absolute atomic E-state index is 0.185. The fourth-order valence-corrected chi connectivity index (χ4v) is 2.62. The molecule has 2 rings (SSSR count). The van der Waals surface area contributed by atoms with Crippen LogP contribution in [0.15, 0.2) is 11.3 Å². The topological polar surface area (TPSA) is 87.8 Å². The molecule has 0 amide bonds. The van der Waals surface area contributed by atoms with Crippen LogP contribution in [0.3, 0.4) is 0 Å². The zero-order chi connectivity index (χ0) is 16.5. The lowest BCUT2D eigenvalue weighted by molar-refractivity contribution is 0.107. The van der Waals surface area contributed by atoms with E-state index in [0.717, 1.165) is 57.2 Å². The summed E-state index contributed by atoms with van der Waals surface area (Å²) in [4.78, 5) is 6.81. The molecular formula is C15H28N6O2. The first kappa shape index (κ1) is 17.7. The molecule has 1 aromatic heterocycles. The number of hydrogen-bond acceptors (Lipinski definition) is 5. The molecule has 2 heterocycles. The van der Waals surface area contributed by atoms with Crippen LogP contribution in [0.4, 0.5) is 0 Å². The van der Waals surface area contributed by atoms with Crippen molar-refractivity contribution in [1.82, 2.24) is 25.0 Å². The largest absolute Gasteiger partial charge is 0.393 e. The van der Waals surface area contributed by atoms with Gasteiger partial charge in [0.25, 0.3) is 0 Å². The molecule has 1 saturated heterocycles. The Hall–Kier alpha value is -1.67. The standard InChI is InChI=1S/C15H28N6O2/c1-3-14-19-18-12-21(14)10-6-16-15(17-7-11-23-2)20-8-4-13(22)5-9-20/h12-13,22H,3-11H2,1-2H3,(H,16,17). The molecule has 0 saturated carbocycles. The van der Waals surface area contributed by atoms with Gasteiger partial charge in [0.05, 0.1) is 19.3 Å². The molecule has 130 valence electrons. The van der Waals surface area contributed by atoms with Crippen LogP contribution < -0.4 is 5.32 Å². The number of aryl methyl sites for hydroxylation is 1. The van der Waals surface area contributed by atoms with E-state index in [4.69, 9.17) is 4.74 Å². The van der Waals surface area contributed by atoms with Crippen molar-refractivity contribution in [2.24, 2.45) is 4.99 Å². The summed E-state index contributed by atoms with van der Waals surface area (Å²) in [6.45, 7) is 6.52. The molecule has 0 bridgehead atoms. The molecule has 1 fully saturated rings. The quantitative estimate of drug-likeness (QED) is 0.413. The van der Waals surface area contributed by atoms with Gasteiger partial charge in [0.2, 0.25) is 0 Å². The number of nitrogens with zero attached hydrogens (tertiary/aromatic N) is 5. The number of piperidine rings is 1. The highest BCUT2D eigenvalue weighted by molar-refractivity contribution is 5.80. The minimum atomic E-state index is -0.185. The van der Waals surface area contributed by atoms with Crippen LogP contribution in [-0.2, 0) is 17.7 Å². The Labute approximate surface area is 137 Å². The number of likely N-dealkylation sites (tertiary alicyclic amines) is 1. The minimum Gasteiger partial charge on any atom is -0.393 e. The molecule has 0 spiro atoms. The average molecular weight is 324 g/mol. The van der Waals surface area contributed by atoms with E-state index in [9.17, 15) is 5.11 Å². The number of aliphatic hydroxyl groups excluding tert-OH is 1.